The second-order valence-electron chi connectivity index (χ2n) is 7.95. The van der Waals surface area contributed by atoms with Gasteiger partial charge in [-0.25, -0.2) is 4.99 Å². The summed E-state index contributed by atoms with van der Waals surface area (Å²) in [6, 6.07) is 23.4. The maximum Gasteiger partial charge on any atom is 0.248 e. The maximum absolute atomic E-state index is 11.7. The first-order chi connectivity index (χ1) is 16.0. The molecule has 170 valence electrons. The molecule has 3 aromatic rings. The molecule has 3 rings (SSSR count). The molecule has 3 aromatic carbocycles. The van der Waals surface area contributed by atoms with E-state index in [4.69, 9.17) is 11.5 Å². The summed E-state index contributed by atoms with van der Waals surface area (Å²) in [6.07, 6.45) is 3.90. The van der Waals surface area contributed by atoms with Crippen LogP contribution >= 0.6 is 0 Å². The summed E-state index contributed by atoms with van der Waals surface area (Å²) in [5.74, 6) is -0.00830. The third-order valence-corrected chi connectivity index (χ3v) is 5.58. The van der Waals surface area contributed by atoms with Crippen LogP contribution in [0.5, 0.6) is 0 Å². The highest BCUT2D eigenvalue weighted by molar-refractivity contribution is 6.04. The topological polar surface area (TPSA) is 93.5 Å². The minimum atomic E-state index is -0.417. The lowest BCUT2D eigenvalue weighted by atomic mass is 10.0. The van der Waals surface area contributed by atoms with E-state index in [0.717, 1.165) is 41.6 Å². The van der Waals surface area contributed by atoms with Crippen molar-refractivity contribution in [1.82, 2.24) is 0 Å². The number of carbonyl (C=O) groups is 1. The molecule has 0 radical (unpaired) electrons. The number of unbranched alkanes of at least 4 members (excludes halogenated alkanes) is 1. The minimum absolute atomic E-state index is 0.408. The number of hydrogen-bond donors (Lipinski definition) is 3. The van der Waals surface area contributed by atoms with Crippen LogP contribution in [0, 0.1) is 0 Å². The van der Waals surface area contributed by atoms with Gasteiger partial charge in [-0.3, -0.25) is 4.79 Å². The molecule has 0 unspecified atom stereocenters. The Morgan fingerprint density at radius 2 is 1.42 bits per heavy atom. The molecule has 33 heavy (non-hydrogen) atoms. The van der Waals surface area contributed by atoms with Crippen LogP contribution in [0.3, 0.4) is 0 Å². The van der Waals surface area contributed by atoms with E-state index in [1.165, 1.54) is 5.56 Å². The zero-order chi connectivity index (χ0) is 23.6. The average molecular weight is 441 g/mol. The lowest BCUT2D eigenvalue weighted by molar-refractivity contribution is 0.0999. The largest absolute Gasteiger partial charge is 0.384 e. The van der Waals surface area contributed by atoms with Crippen LogP contribution < -0.4 is 16.8 Å². The molecule has 0 aliphatic rings. The van der Waals surface area contributed by atoms with Crippen molar-refractivity contribution in [3.63, 3.8) is 0 Å². The molecule has 5 N–H and O–H groups in total. The van der Waals surface area contributed by atoms with Crippen molar-refractivity contribution in [2.24, 2.45) is 16.5 Å². The van der Waals surface area contributed by atoms with Crippen molar-refractivity contribution in [3.8, 4) is 0 Å². The molecule has 0 bridgehead atoms. The number of benzene rings is 3. The van der Waals surface area contributed by atoms with E-state index >= 15 is 0 Å². The molecule has 0 heterocycles. The number of amides is 1. The van der Waals surface area contributed by atoms with Crippen molar-refractivity contribution in [2.75, 3.05) is 11.9 Å². The Kier molecular flexibility index (Phi) is 8.42. The average Bonchev–Trinajstić information content (AvgIpc) is 2.83. The summed E-state index contributed by atoms with van der Waals surface area (Å²) in [5.41, 5.74) is 18.0. The van der Waals surface area contributed by atoms with E-state index < -0.39 is 5.91 Å². The lowest BCUT2D eigenvalue weighted by Crippen LogP contribution is -2.18. The smallest absolute Gasteiger partial charge is 0.248 e. The molecular weight excluding hydrogens is 408 g/mol. The molecule has 0 saturated heterocycles. The number of nitrogens with one attached hydrogen (secondary N) is 1. The van der Waals surface area contributed by atoms with Crippen molar-refractivity contribution >= 4 is 23.1 Å². The number of amidine groups is 1. The lowest BCUT2D eigenvalue weighted by Gasteiger charge is -2.14. The van der Waals surface area contributed by atoms with E-state index in [2.05, 4.69) is 29.9 Å². The van der Waals surface area contributed by atoms with Crippen molar-refractivity contribution in [3.05, 3.63) is 107 Å². The summed E-state index contributed by atoms with van der Waals surface area (Å²) in [5, 5.41) is 3.42. The third kappa shape index (κ3) is 6.32. The van der Waals surface area contributed by atoms with Gasteiger partial charge >= 0.3 is 0 Å². The maximum atomic E-state index is 11.7. The molecule has 0 atom stereocenters. The fraction of sp³-hybridized carbons (Fsp3) is 0.214. The van der Waals surface area contributed by atoms with Crippen molar-refractivity contribution < 1.29 is 4.79 Å². The molecule has 0 aliphatic heterocycles. The zero-order valence-corrected chi connectivity index (χ0v) is 19.2. The highest BCUT2D eigenvalue weighted by Crippen LogP contribution is 2.23. The van der Waals surface area contributed by atoms with Gasteiger partial charge in [-0.2, -0.15) is 0 Å². The Balaban J connectivity index is 1.75. The number of aryl methyl sites for hydroxylation is 1. The summed E-state index contributed by atoms with van der Waals surface area (Å²) in [7, 11) is 0. The standard InChI is InChI=1S/C28H32N4O/c1-3-4-11-21-12-5-7-14-23(21)20(2)32-27(29)25-16-9-10-17-26(25)31-19-18-22-13-6-8-15-24(22)28(30)33/h5-10,12-17,31H,2-4,11,18-19H2,1H3,(H2,29,32)(H2,30,33). The van der Waals surface area contributed by atoms with Crippen molar-refractivity contribution in [1.29, 1.82) is 0 Å². The SMILES string of the molecule is C=C(N=C(N)c1ccccc1NCCc1ccccc1C(N)=O)c1ccccc1CCCC. The molecule has 0 saturated carbocycles. The van der Waals surface area contributed by atoms with Gasteiger partial charge in [0.25, 0.3) is 0 Å². The van der Waals surface area contributed by atoms with Crippen molar-refractivity contribution in [2.45, 2.75) is 32.6 Å². The highest BCUT2D eigenvalue weighted by Gasteiger charge is 2.10. The molecule has 0 spiro atoms. The van der Waals surface area contributed by atoms with E-state index in [0.29, 0.717) is 30.1 Å². The number of anilines is 1. The summed E-state index contributed by atoms with van der Waals surface area (Å²) >= 11 is 0. The van der Waals surface area contributed by atoms with Crippen LogP contribution in [0.2, 0.25) is 0 Å². The molecule has 0 aromatic heterocycles. The number of carbonyl (C=O) groups excluding carboxylic acids is 1. The molecule has 1 amide bonds. The highest BCUT2D eigenvalue weighted by atomic mass is 16.1. The van der Waals surface area contributed by atoms with Gasteiger partial charge in [0.05, 0.1) is 5.70 Å². The van der Waals surface area contributed by atoms with Gasteiger partial charge in [0.2, 0.25) is 5.91 Å². The Morgan fingerprint density at radius 3 is 2.09 bits per heavy atom. The molecule has 5 nitrogen and oxygen atoms in total. The molecule has 0 fully saturated rings. The van der Waals surface area contributed by atoms with Gasteiger partial charge in [0.1, 0.15) is 5.84 Å². The van der Waals surface area contributed by atoms with Gasteiger partial charge in [0, 0.05) is 28.9 Å². The Hall–Kier alpha value is -3.86. The first kappa shape index (κ1) is 23.8. The Morgan fingerprint density at radius 1 is 0.848 bits per heavy atom. The number of primary amides is 1. The molecular formula is C28H32N4O. The molecule has 5 heteroatoms. The monoisotopic (exact) mass is 440 g/mol. The van der Waals surface area contributed by atoms with Crippen LogP contribution in [0.25, 0.3) is 5.70 Å². The summed E-state index contributed by atoms with van der Waals surface area (Å²) in [6.45, 7) is 6.99. The third-order valence-electron chi connectivity index (χ3n) is 5.58. The fourth-order valence-corrected chi connectivity index (χ4v) is 3.82. The van der Waals surface area contributed by atoms with Gasteiger partial charge in [0.15, 0.2) is 0 Å². The first-order valence-electron chi connectivity index (χ1n) is 11.3. The summed E-state index contributed by atoms with van der Waals surface area (Å²) in [4.78, 5) is 16.3. The van der Waals surface area contributed by atoms with Crippen LogP contribution in [0.4, 0.5) is 5.69 Å². The number of aliphatic imine (C=N–C) groups is 1. The van der Waals surface area contributed by atoms with E-state index in [-0.39, 0.29) is 0 Å². The second-order valence-corrected chi connectivity index (χ2v) is 7.95. The van der Waals surface area contributed by atoms with Crippen LogP contribution in [0.15, 0.2) is 84.4 Å². The Labute approximate surface area is 196 Å². The number of nitrogens with two attached hydrogens (primary N) is 2. The van der Waals surface area contributed by atoms with Gasteiger partial charge in [-0.1, -0.05) is 74.5 Å². The van der Waals surface area contributed by atoms with Crippen LogP contribution in [0.1, 0.15) is 52.4 Å². The fourth-order valence-electron chi connectivity index (χ4n) is 3.82. The van der Waals surface area contributed by atoms with Gasteiger partial charge in [-0.15, -0.1) is 0 Å². The van der Waals surface area contributed by atoms with Gasteiger partial charge in [-0.05, 0) is 48.6 Å². The molecule has 0 aliphatic carbocycles. The predicted octanol–water partition coefficient (Wildman–Crippen LogP) is 5.16. The van der Waals surface area contributed by atoms with Crippen LogP contribution in [-0.4, -0.2) is 18.3 Å². The van der Waals surface area contributed by atoms with E-state index in [1.807, 2.05) is 60.7 Å². The number of nitrogens with zero attached hydrogens (tertiary/aromatic N) is 1. The van der Waals surface area contributed by atoms with E-state index in [1.54, 1.807) is 6.07 Å². The van der Waals surface area contributed by atoms with E-state index in [9.17, 15) is 4.79 Å². The quantitative estimate of drug-likeness (QED) is 0.284. The number of hydrogen-bond acceptors (Lipinski definition) is 3. The number of para-hydroxylation sites is 1. The normalized spacial score (nSPS) is 11.2. The summed E-state index contributed by atoms with van der Waals surface area (Å²) < 4.78 is 0. The predicted molar refractivity (Wildman–Crippen MR) is 138 cm³/mol. The Bertz CT molecular complexity index is 1150. The first-order valence-corrected chi connectivity index (χ1v) is 11.3. The second kappa shape index (κ2) is 11.7. The zero-order valence-electron chi connectivity index (χ0n) is 19.2. The van der Waals surface area contributed by atoms with Crippen LogP contribution in [-0.2, 0) is 12.8 Å². The van der Waals surface area contributed by atoms with Gasteiger partial charge < -0.3 is 16.8 Å². The number of rotatable bonds is 11. The minimum Gasteiger partial charge on any atom is -0.384 e.